The second kappa shape index (κ2) is 9.38. The summed E-state index contributed by atoms with van der Waals surface area (Å²) < 4.78 is 0. The van der Waals surface area contributed by atoms with E-state index < -0.39 is 11.9 Å². The molecule has 6 rings (SSSR count). The lowest BCUT2D eigenvalue weighted by atomic mass is 9.83. The number of H-pyrrole nitrogens is 2. The molecule has 38 heavy (non-hydrogen) atoms. The molecule has 0 radical (unpaired) electrons. The number of aromatic carboxylic acids is 1. The standard InChI is InChI=1S/C28H28N6O3S/c1-28(2)7-10-34(11-8-28)15-23-32-24(25(38-23)27(36)37)26(35)31-21-12-16(13-22-19(21)14-30-33-22)17-4-3-5-20-18(17)6-9-29-20/h3-6,9,12-14,29H,7-8,10-11,15H2,1-2H3,(H,30,33)(H,31,35)(H,36,37). The van der Waals surface area contributed by atoms with E-state index in [4.69, 9.17) is 0 Å². The first-order valence-electron chi connectivity index (χ1n) is 12.6. The second-order valence-electron chi connectivity index (χ2n) is 10.6. The van der Waals surface area contributed by atoms with Crippen LogP contribution in [0.4, 0.5) is 5.69 Å². The number of carboxylic acids is 1. The summed E-state index contributed by atoms with van der Waals surface area (Å²) in [4.78, 5) is 35.4. The van der Waals surface area contributed by atoms with E-state index in [2.05, 4.69) is 44.2 Å². The number of amides is 1. The lowest BCUT2D eigenvalue weighted by molar-refractivity contribution is 0.0697. The molecule has 1 amide bonds. The largest absolute Gasteiger partial charge is 0.477 e. The quantitative estimate of drug-likeness (QED) is 0.223. The van der Waals surface area contributed by atoms with Crippen LogP contribution in [0.25, 0.3) is 32.9 Å². The predicted octanol–water partition coefficient (Wildman–Crippen LogP) is 5.74. The molecule has 0 saturated carbocycles. The number of aromatic amines is 2. The summed E-state index contributed by atoms with van der Waals surface area (Å²) in [6.45, 7) is 6.93. The Labute approximate surface area is 222 Å². The highest BCUT2D eigenvalue weighted by molar-refractivity contribution is 7.13. The van der Waals surface area contributed by atoms with Gasteiger partial charge in [-0.1, -0.05) is 26.0 Å². The Hall–Kier alpha value is -4.02. The van der Waals surface area contributed by atoms with E-state index in [0.29, 0.717) is 22.7 Å². The number of carboxylic acid groups (broad SMARTS) is 1. The average Bonchev–Trinajstić information content (AvgIpc) is 3.64. The Morgan fingerprint density at radius 3 is 2.74 bits per heavy atom. The maximum atomic E-state index is 13.4. The molecule has 0 aliphatic carbocycles. The number of rotatable bonds is 6. The minimum absolute atomic E-state index is 0.0495. The van der Waals surface area contributed by atoms with Crippen molar-refractivity contribution >= 4 is 50.7 Å². The first-order valence-corrected chi connectivity index (χ1v) is 13.4. The smallest absolute Gasteiger partial charge is 0.348 e. The van der Waals surface area contributed by atoms with Gasteiger partial charge >= 0.3 is 5.97 Å². The van der Waals surface area contributed by atoms with Gasteiger partial charge in [-0.3, -0.25) is 14.8 Å². The third-order valence-corrected chi connectivity index (χ3v) is 8.39. The van der Waals surface area contributed by atoms with Gasteiger partial charge < -0.3 is 15.4 Å². The van der Waals surface area contributed by atoms with Crippen molar-refractivity contribution in [1.29, 1.82) is 0 Å². The minimum Gasteiger partial charge on any atom is -0.477 e. The van der Waals surface area contributed by atoms with Crippen molar-refractivity contribution in [2.75, 3.05) is 18.4 Å². The number of nitrogens with zero attached hydrogens (tertiary/aromatic N) is 3. The fraction of sp³-hybridized carbons (Fsp3) is 0.286. The predicted molar refractivity (Wildman–Crippen MR) is 149 cm³/mol. The van der Waals surface area contributed by atoms with Gasteiger partial charge in [-0.25, -0.2) is 9.78 Å². The second-order valence-corrected chi connectivity index (χ2v) is 11.7. The molecule has 3 aromatic heterocycles. The molecule has 1 saturated heterocycles. The van der Waals surface area contributed by atoms with E-state index in [9.17, 15) is 14.7 Å². The number of hydrogen-bond acceptors (Lipinski definition) is 6. The van der Waals surface area contributed by atoms with Crippen LogP contribution in [0.15, 0.2) is 48.8 Å². The van der Waals surface area contributed by atoms with E-state index in [0.717, 1.165) is 70.2 Å². The fourth-order valence-corrected chi connectivity index (χ4v) is 6.01. The number of fused-ring (bicyclic) bond motifs is 2. The Balaban J connectivity index is 1.31. The Morgan fingerprint density at radius 2 is 1.95 bits per heavy atom. The van der Waals surface area contributed by atoms with Gasteiger partial charge in [0.1, 0.15) is 9.88 Å². The summed E-state index contributed by atoms with van der Waals surface area (Å²) in [6.07, 6.45) is 5.69. The zero-order valence-electron chi connectivity index (χ0n) is 21.2. The first-order chi connectivity index (χ1) is 18.3. The van der Waals surface area contributed by atoms with Crippen LogP contribution in [0.2, 0.25) is 0 Å². The minimum atomic E-state index is -1.15. The van der Waals surface area contributed by atoms with Gasteiger partial charge in [-0.05, 0) is 66.7 Å². The van der Waals surface area contributed by atoms with Crippen LogP contribution in [0.5, 0.6) is 0 Å². The number of benzene rings is 2. The van der Waals surface area contributed by atoms with Crippen LogP contribution in [0, 0.1) is 5.41 Å². The summed E-state index contributed by atoms with van der Waals surface area (Å²) in [5.41, 5.74) is 4.45. The number of thiazole rings is 1. The van der Waals surface area contributed by atoms with Gasteiger partial charge in [0.15, 0.2) is 5.69 Å². The van der Waals surface area contributed by atoms with Crippen LogP contribution >= 0.6 is 11.3 Å². The number of hydrogen-bond donors (Lipinski definition) is 4. The van der Waals surface area contributed by atoms with Crippen LogP contribution in [-0.4, -0.2) is 55.1 Å². The van der Waals surface area contributed by atoms with Crippen molar-refractivity contribution in [2.45, 2.75) is 33.2 Å². The number of carbonyl (C=O) groups excluding carboxylic acids is 1. The Morgan fingerprint density at radius 1 is 1.13 bits per heavy atom. The number of aromatic nitrogens is 4. The SMILES string of the molecule is CC1(C)CCN(Cc2nc(C(=O)Nc3cc(-c4cccc5[nH]ccc45)cc4[nH]ncc34)c(C(=O)O)s2)CC1. The molecular formula is C28H28N6O3S. The van der Waals surface area contributed by atoms with Gasteiger partial charge in [-0.2, -0.15) is 5.10 Å². The first kappa shape index (κ1) is 24.3. The zero-order valence-corrected chi connectivity index (χ0v) is 22.0. The van der Waals surface area contributed by atoms with E-state index >= 15 is 0 Å². The molecule has 1 fully saturated rings. The van der Waals surface area contributed by atoms with E-state index in [1.165, 1.54) is 0 Å². The zero-order chi connectivity index (χ0) is 26.4. The maximum absolute atomic E-state index is 13.4. The molecule has 194 valence electrons. The van der Waals surface area contributed by atoms with Crippen molar-refractivity contribution < 1.29 is 14.7 Å². The monoisotopic (exact) mass is 528 g/mol. The highest BCUT2D eigenvalue weighted by atomic mass is 32.1. The summed E-state index contributed by atoms with van der Waals surface area (Å²) in [5, 5.41) is 22.3. The van der Waals surface area contributed by atoms with Crippen LogP contribution < -0.4 is 5.32 Å². The third-order valence-electron chi connectivity index (χ3n) is 7.36. The molecular weight excluding hydrogens is 500 g/mol. The average molecular weight is 529 g/mol. The van der Waals surface area contributed by atoms with Crippen molar-refractivity contribution in [1.82, 2.24) is 25.1 Å². The van der Waals surface area contributed by atoms with Crippen LogP contribution in [0.1, 0.15) is 51.9 Å². The molecule has 0 unspecified atom stereocenters. The summed E-state index contributed by atoms with van der Waals surface area (Å²) >= 11 is 1.07. The van der Waals surface area contributed by atoms with Crippen LogP contribution in [-0.2, 0) is 6.54 Å². The van der Waals surface area contributed by atoms with Crippen molar-refractivity contribution in [3.8, 4) is 11.1 Å². The number of piperidine rings is 1. The van der Waals surface area contributed by atoms with Gasteiger partial charge in [0.25, 0.3) is 5.91 Å². The number of nitrogens with one attached hydrogen (secondary N) is 3. The topological polar surface area (TPSA) is 127 Å². The van der Waals surface area contributed by atoms with Gasteiger partial charge in [0.2, 0.25) is 0 Å². The number of likely N-dealkylation sites (tertiary alicyclic amines) is 1. The van der Waals surface area contributed by atoms with Gasteiger partial charge in [0, 0.05) is 22.5 Å². The fourth-order valence-electron chi connectivity index (χ4n) is 5.07. The normalized spacial score (nSPS) is 15.7. The van der Waals surface area contributed by atoms with Gasteiger partial charge in [0.05, 0.1) is 23.9 Å². The molecule has 1 aliphatic rings. The van der Waals surface area contributed by atoms with E-state index in [1.807, 2.05) is 42.6 Å². The van der Waals surface area contributed by atoms with Crippen molar-refractivity contribution in [3.05, 3.63) is 64.4 Å². The van der Waals surface area contributed by atoms with E-state index in [1.54, 1.807) is 6.20 Å². The lowest BCUT2D eigenvalue weighted by Gasteiger charge is -2.36. The third kappa shape index (κ3) is 4.57. The maximum Gasteiger partial charge on any atom is 0.348 e. The molecule has 5 aromatic rings. The van der Waals surface area contributed by atoms with E-state index in [-0.39, 0.29) is 10.6 Å². The molecule has 10 heteroatoms. The highest BCUT2D eigenvalue weighted by Crippen LogP contribution is 2.35. The summed E-state index contributed by atoms with van der Waals surface area (Å²) in [5.74, 6) is -1.70. The molecule has 4 heterocycles. The Bertz CT molecular complexity index is 1670. The molecule has 4 N–H and O–H groups in total. The number of anilines is 1. The lowest BCUT2D eigenvalue weighted by Crippen LogP contribution is -2.36. The van der Waals surface area contributed by atoms with Crippen molar-refractivity contribution in [2.24, 2.45) is 5.41 Å². The molecule has 0 atom stereocenters. The molecule has 2 aromatic carbocycles. The van der Waals surface area contributed by atoms with Crippen LogP contribution in [0.3, 0.4) is 0 Å². The molecule has 0 bridgehead atoms. The molecule has 0 spiro atoms. The van der Waals surface area contributed by atoms with Gasteiger partial charge in [-0.15, -0.1) is 11.3 Å². The number of carbonyl (C=O) groups is 2. The van der Waals surface area contributed by atoms with Crippen molar-refractivity contribution in [3.63, 3.8) is 0 Å². The molecule has 1 aliphatic heterocycles. The molecule has 9 nitrogen and oxygen atoms in total. The summed E-state index contributed by atoms with van der Waals surface area (Å²) in [6, 6.07) is 11.9. The highest BCUT2D eigenvalue weighted by Gasteiger charge is 2.28. The summed E-state index contributed by atoms with van der Waals surface area (Å²) in [7, 11) is 0. The Kier molecular flexibility index (Phi) is 6.00.